The smallest absolute Gasteiger partial charge is 0.399 e. The summed E-state index contributed by atoms with van der Waals surface area (Å²) in [7, 11) is -0.304. The van der Waals surface area contributed by atoms with Gasteiger partial charge in [0.05, 0.1) is 16.4 Å². The molecule has 7 N–H and O–H groups in total. The number of nitrogens with two attached hydrogens (primary N) is 1. The fourth-order valence-corrected chi connectivity index (χ4v) is 6.77. The van der Waals surface area contributed by atoms with Crippen molar-refractivity contribution in [2.75, 3.05) is 33.1 Å². The van der Waals surface area contributed by atoms with E-state index >= 15 is 0 Å². The van der Waals surface area contributed by atoms with Crippen molar-refractivity contribution >= 4 is 45.0 Å². The van der Waals surface area contributed by atoms with E-state index in [0.717, 1.165) is 25.1 Å². The number of aliphatic hydroxyl groups excluding tert-OH is 2. The Balaban J connectivity index is 2.10. The Hall–Kier alpha value is -4.10. The number of aromatic hydroxyl groups is 1. The molecule has 4 atom stereocenters. The highest BCUT2D eigenvalue weighted by Gasteiger charge is 2.72. The normalized spacial score (nSPS) is 27.9. The van der Waals surface area contributed by atoms with Gasteiger partial charge in [0.1, 0.15) is 11.3 Å². The summed E-state index contributed by atoms with van der Waals surface area (Å²) in [6.45, 7) is 0. The van der Waals surface area contributed by atoms with Crippen molar-refractivity contribution in [2.45, 2.75) is 24.2 Å². The third-order valence-corrected chi connectivity index (χ3v) is 8.24. The molecule has 3 aliphatic carbocycles. The third-order valence-electron chi connectivity index (χ3n) is 7.77. The van der Waals surface area contributed by atoms with Crippen molar-refractivity contribution in [3.05, 3.63) is 44.2 Å². The van der Waals surface area contributed by atoms with Crippen LogP contribution in [-0.4, -0.2) is 100 Å². The SMILES string of the molecule is CN(C)c1cc([N+](=O)[O-])c(O)c2c1CC1CC3[C@@](O)(C(=O)C(C(N)=O)=C(O)[C@@]3(OS(=O)(=O)O)N(C)C)C(=O)C1=C2O. The second kappa shape index (κ2) is 9.21. The number of fused-ring (bicyclic) bond motifs is 3. The maximum absolute atomic E-state index is 14.0. The molecule has 0 aliphatic heterocycles. The van der Waals surface area contributed by atoms with Gasteiger partial charge in [-0.3, -0.25) is 34.0 Å². The van der Waals surface area contributed by atoms with Crippen LogP contribution >= 0.6 is 0 Å². The van der Waals surface area contributed by atoms with Crippen LogP contribution in [0.5, 0.6) is 5.75 Å². The summed E-state index contributed by atoms with van der Waals surface area (Å²) < 4.78 is 38.4. The highest BCUT2D eigenvalue weighted by atomic mass is 32.3. The summed E-state index contributed by atoms with van der Waals surface area (Å²) in [5, 5.41) is 56.4. The number of phenols is 1. The third kappa shape index (κ3) is 3.97. The van der Waals surface area contributed by atoms with Gasteiger partial charge in [-0.1, -0.05) is 0 Å². The fourth-order valence-electron chi connectivity index (χ4n) is 6.10. The van der Waals surface area contributed by atoms with Gasteiger partial charge in [0, 0.05) is 31.4 Å². The van der Waals surface area contributed by atoms with Gasteiger partial charge >= 0.3 is 16.1 Å². The molecular weight excluding hydrogens is 572 g/mol. The number of carbonyl (C=O) groups is 3. The number of likely N-dealkylation sites (N-methyl/N-ethyl adjacent to an activating group) is 1. The number of phenolic OH excluding ortho intramolecular Hbond substituents is 1. The van der Waals surface area contributed by atoms with Gasteiger partial charge in [-0.2, -0.15) is 8.42 Å². The Morgan fingerprint density at radius 1 is 1.17 bits per heavy atom. The van der Waals surface area contributed by atoms with E-state index in [1.165, 1.54) is 19.0 Å². The molecule has 0 aromatic heterocycles. The standard InChI is InChI=1S/C23H26N4O13S/c1-25(2)10-7-11(27(35)36)16(28)14-9(10)5-8-6-12-22(34,18(30)13(8)17(14)29)19(31)15(21(24)33)20(32)23(12,26(3)4)40-41(37,38)39/h7-8,12,28-29,32,34H,5-6H2,1-4H3,(H2,24,33)(H,37,38,39)/t8?,12?,22-,23+/m0/s1. The van der Waals surface area contributed by atoms with Crippen LogP contribution in [0, 0.1) is 22.0 Å². The predicted octanol–water partition coefficient (Wildman–Crippen LogP) is -0.915. The van der Waals surface area contributed by atoms with Crippen LogP contribution in [0.4, 0.5) is 11.4 Å². The number of nitro benzene ring substituents is 1. The Morgan fingerprint density at radius 2 is 1.76 bits per heavy atom. The number of nitrogens with zero attached hydrogens (tertiary/aromatic N) is 3. The Morgan fingerprint density at radius 3 is 2.22 bits per heavy atom. The van der Waals surface area contributed by atoms with Crippen molar-refractivity contribution in [1.29, 1.82) is 0 Å². The summed E-state index contributed by atoms with van der Waals surface area (Å²) in [6, 6.07) is 1.04. The maximum Gasteiger partial charge on any atom is 0.399 e. The fraction of sp³-hybridized carbons (Fsp3) is 0.435. The van der Waals surface area contributed by atoms with Crippen LogP contribution in [0.1, 0.15) is 17.5 Å². The first-order chi connectivity index (χ1) is 18.7. The molecule has 1 aromatic rings. The van der Waals surface area contributed by atoms with Gasteiger partial charge in [0.25, 0.3) is 5.91 Å². The molecule has 1 fully saturated rings. The molecule has 17 nitrogen and oxygen atoms in total. The van der Waals surface area contributed by atoms with Gasteiger partial charge in [-0.05, 0) is 38.4 Å². The lowest BCUT2D eigenvalue weighted by Crippen LogP contribution is -2.73. The molecule has 0 saturated heterocycles. The van der Waals surface area contributed by atoms with Crippen LogP contribution in [0.25, 0.3) is 5.76 Å². The summed E-state index contributed by atoms with van der Waals surface area (Å²) >= 11 is 0. The minimum Gasteiger partial charge on any atom is -0.507 e. The monoisotopic (exact) mass is 598 g/mol. The topological polar surface area (TPSA) is 271 Å². The van der Waals surface area contributed by atoms with E-state index in [2.05, 4.69) is 0 Å². The van der Waals surface area contributed by atoms with Crippen LogP contribution in [-0.2, 0) is 35.4 Å². The molecule has 222 valence electrons. The highest BCUT2D eigenvalue weighted by Crippen LogP contribution is 2.57. The van der Waals surface area contributed by atoms with Gasteiger partial charge in [-0.15, -0.1) is 0 Å². The quantitative estimate of drug-likeness (QED) is 0.0577. The summed E-state index contributed by atoms with van der Waals surface area (Å²) in [6.07, 6.45) is -0.843. The number of amides is 1. The molecule has 41 heavy (non-hydrogen) atoms. The summed E-state index contributed by atoms with van der Waals surface area (Å²) in [5.41, 5.74) is -4.19. The molecule has 0 radical (unpaired) electrons. The van der Waals surface area contributed by atoms with Crippen molar-refractivity contribution in [3.63, 3.8) is 0 Å². The zero-order valence-corrected chi connectivity index (χ0v) is 22.8. The lowest BCUT2D eigenvalue weighted by Gasteiger charge is -2.54. The van der Waals surface area contributed by atoms with Crippen molar-refractivity contribution in [3.8, 4) is 5.75 Å². The Kier molecular flexibility index (Phi) is 6.71. The zero-order chi connectivity index (χ0) is 31.1. The number of hydrogen-bond acceptors (Lipinski definition) is 14. The van der Waals surface area contributed by atoms with Crippen molar-refractivity contribution in [2.24, 2.45) is 17.6 Å². The Bertz CT molecular complexity index is 1610. The number of ketones is 2. The Labute approximate surface area is 231 Å². The average Bonchev–Trinajstić information content (AvgIpc) is 2.82. The van der Waals surface area contributed by atoms with Gasteiger partial charge in [0.15, 0.2) is 11.4 Å². The lowest BCUT2D eigenvalue weighted by atomic mass is 9.56. The molecule has 0 spiro atoms. The number of nitro groups is 1. The van der Waals surface area contributed by atoms with Crippen molar-refractivity contribution in [1.82, 2.24) is 4.90 Å². The molecule has 3 aliphatic rings. The molecule has 0 heterocycles. The van der Waals surface area contributed by atoms with E-state index in [9.17, 15) is 57.9 Å². The number of Topliss-reactive ketones (excluding diaryl/α,β-unsaturated/α-hetero) is 2. The lowest BCUT2D eigenvalue weighted by molar-refractivity contribution is -0.385. The largest absolute Gasteiger partial charge is 0.507 e. The van der Waals surface area contributed by atoms with Gasteiger partial charge in [0.2, 0.25) is 23.0 Å². The van der Waals surface area contributed by atoms with E-state index in [1.54, 1.807) is 0 Å². The first-order valence-electron chi connectivity index (χ1n) is 11.8. The van der Waals surface area contributed by atoms with Crippen molar-refractivity contribution < 1.29 is 56.9 Å². The van der Waals surface area contributed by atoms with E-state index in [0.29, 0.717) is 0 Å². The number of carbonyl (C=O) groups excluding carboxylic acids is 3. The average molecular weight is 599 g/mol. The number of aliphatic hydroxyl groups is 3. The van der Waals surface area contributed by atoms with E-state index < -0.39 is 102 Å². The highest BCUT2D eigenvalue weighted by molar-refractivity contribution is 7.80. The molecule has 2 unspecified atom stereocenters. The molecular formula is C23H26N4O13S. The van der Waals surface area contributed by atoms with E-state index in [4.69, 9.17) is 9.92 Å². The first kappa shape index (κ1) is 29.9. The zero-order valence-electron chi connectivity index (χ0n) is 22.0. The predicted molar refractivity (Wildman–Crippen MR) is 137 cm³/mol. The summed E-state index contributed by atoms with van der Waals surface area (Å²) in [5.74, 6) is -11.6. The number of hydrogen-bond donors (Lipinski definition) is 6. The maximum atomic E-state index is 14.0. The molecule has 0 bridgehead atoms. The van der Waals surface area contributed by atoms with Crippen LogP contribution in [0.15, 0.2) is 23.0 Å². The first-order valence-corrected chi connectivity index (χ1v) is 13.1. The number of rotatable bonds is 6. The van der Waals surface area contributed by atoms with Gasteiger partial charge < -0.3 is 31.1 Å². The van der Waals surface area contributed by atoms with Crippen LogP contribution in [0.3, 0.4) is 0 Å². The number of benzene rings is 1. The molecule has 1 saturated carbocycles. The van der Waals surface area contributed by atoms with E-state index in [1.807, 2.05) is 0 Å². The summed E-state index contributed by atoms with van der Waals surface area (Å²) in [4.78, 5) is 52.6. The minimum atomic E-state index is -5.53. The molecule has 18 heteroatoms. The van der Waals surface area contributed by atoms with Crippen LogP contribution in [0.2, 0.25) is 0 Å². The van der Waals surface area contributed by atoms with Gasteiger partial charge in [-0.25, -0.2) is 4.18 Å². The van der Waals surface area contributed by atoms with Crippen LogP contribution < -0.4 is 10.6 Å². The molecule has 1 amide bonds. The number of primary amides is 1. The van der Waals surface area contributed by atoms with E-state index in [-0.39, 0.29) is 17.7 Å². The molecule has 4 rings (SSSR count). The second-order valence-corrected chi connectivity index (χ2v) is 11.4. The second-order valence-electron chi connectivity index (χ2n) is 10.3. The molecule has 1 aromatic carbocycles. The number of anilines is 1. The minimum absolute atomic E-state index is 0.133.